The summed E-state index contributed by atoms with van der Waals surface area (Å²) < 4.78 is 26.3. The van der Waals surface area contributed by atoms with Crippen LogP contribution in [-0.4, -0.2) is 38.5 Å². The third-order valence-corrected chi connectivity index (χ3v) is 4.57. The Balaban J connectivity index is 2.51. The molecule has 0 fully saturated rings. The SMILES string of the molecule is CN(C)c1nn(Cc2cccc(Br)c2)c(N)c1S(C)(=O)=O. The summed E-state index contributed by atoms with van der Waals surface area (Å²) in [6.45, 7) is 0.404. The Bertz CT molecular complexity index is 768. The molecule has 0 bridgehead atoms. The molecule has 2 aromatic rings. The van der Waals surface area contributed by atoms with Crippen molar-refractivity contribution in [3.63, 3.8) is 0 Å². The fourth-order valence-corrected chi connectivity index (χ4v) is 3.51. The Labute approximate surface area is 132 Å². The summed E-state index contributed by atoms with van der Waals surface area (Å²) in [5.74, 6) is 0.506. The van der Waals surface area contributed by atoms with E-state index in [9.17, 15) is 8.42 Å². The van der Waals surface area contributed by atoms with E-state index in [2.05, 4.69) is 21.0 Å². The van der Waals surface area contributed by atoms with Crippen LogP contribution in [-0.2, 0) is 16.4 Å². The topological polar surface area (TPSA) is 81.2 Å². The van der Waals surface area contributed by atoms with E-state index in [-0.39, 0.29) is 10.7 Å². The summed E-state index contributed by atoms with van der Waals surface area (Å²) in [6, 6.07) is 7.70. The highest BCUT2D eigenvalue weighted by Gasteiger charge is 2.25. The first-order chi connectivity index (χ1) is 9.70. The molecule has 0 aliphatic rings. The Kier molecular flexibility index (Phi) is 4.29. The molecule has 8 heteroatoms. The predicted octanol–water partition coefficient (Wildman–Crippen LogP) is 1.75. The average molecular weight is 373 g/mol. The van der Waals surface area contributed by atoms with Gasteiger partial charge in [0, 0.05) is 24.8 Å². The van der Waals surface area contributed by atoms with Gasteiger partial charge < -0.3 is 10.6 Å². The van der Waals surface area contributed by atoms with Crippen LogP contribution in [0.3, 0.4) is 0 Å². The van der Waals surface area contributed by atoms with Crippen LogP contribution >= 0.6 is 15.9 Å². The predicted molar refractivity (Wildman–Crippen MR) is 87.3 cm³/mol. The highest BCUT2D eigenvalue weighted by molar-refractivity contribution is 9.10. The van der Waals surface area contributed by atoms with Crippen LogP contribution < -0.4 is 10.6 Å². The molecule has 2 N–H and O–H groups in total. The number of sulfone groups is 1. The summed E-state index contributed by atoms with van der Waals surface area (Å²) >= 11 is 3.40. The summed E-state index contributed by atoms with van der Waals surface area (Å²) in [7, 11) is 0.0240. The molecular formula is C13H17BrN4O2S. The molecule has 0 radical (unpaired) electrons. The van der Waals surface area contributed by atoms with Crippen LogP contribution in [0, 0.1) is 0 Å². The van der Waals surface area contributed by atoms with E-state index in [0.29, 0.717) is 12.4 Å². The van der Waals surface area contributed by atoms with Gasteiger partial charge in [0.1, 0.15) is 5.82 Å². The standard InChI is InChI=1S/C13H17BrN4O2S/c1-17(2)13-11(21(3,19)20)12(15)18(16-13)8-9-5-4-6-10(14)7-9/h4-7H,8,15H2,1-3H3. The monoisotopic (exact) mass is 372 g/mol. The van der Waals surface area contributed by atoms with Gasteiger partial charge >= 0.3 is 0 Å². The molecule has 0 unspecified atom stereocenters. The number of anilines is 2. The molecule has 0 atom stereocenters. The van der Waals surface area contributed by atoms with Gasteiger partial charge in [0.15, 0.2) is 20.6 Å². The number of hydrogen-bond acceptors (Lipinski definition) is 5. The molecule has 0 saturated heterocycles. The van der Waals surface area contributed by atoms with Gasteiger partial charge in [-0.1, -0.05) is 28.1 Å². The largest absolute Gasteiger partial charge is 0.383 e. The zero-order valence-corrected chi connectivity index (χ0v) is 14.4. The molecule has 0 saturated carbocycles. The Morgan fingerprint density at radius 3 is 2.52 bits per heavy atom. The lowest BCUT2D eigenvalue weighted by Crippen LogP contribution is -2.13. The second kappa shape index (κ2) is 5.69. The van der Waals surface area contributed by atoms with Gasteiger partial charge in [-0.2, -0.15) is 5.10 Å². The van der Waals surface area contributed by atoms with Gasteiger partial charge in [0.25, 0.3) is 0 Å². The lowest BCUT2D eigenvalue weighted by molar-refractivity contribution is 0.602. The van der Waals surface area contributed by atoms with Crippen LogP contribution in [0.2, 0.25) is 0 Å². The number of hydrogen-bond donors (Lipinski definition) is 1. The van der Waals surface area contributed by atoms with Gasteiger partial charge in [-0.05, 0) is 17.7 Å². The minimum absolute atomic E-state index is 0.0718. The van der Waals surface area contributed by atoms with Gasteiger partial charge in [-0.25, -0.2) is 13.1 Å². The Morgan fingerprint density at radius 1 is 1.38 bits per heavy atom. The third-order valence-electron chi connectivity index (χ3n) is 2.95. The molecule has 114 valence electrons. The van der Waals surface area contributed by atoms with E-state index in [1.165, 1.54) is 4.68 Å². The molecule has 1 aromatic carbocycles. The smallest absolute Gasteiger partial charge is 0.182 e. The van der Waals surface area contributed by atoms with Crippen molar-refractivity contribution in [1.29, 1.82) is 0 Å². The molecule has 1 heterocycles. The van der Waals surface area contributed by atoms with E-state index < -0.39 is 9.84 Å². The van der Waals surface area contributed by atoms with Gasteiger partial charge in [0.05, 0.1) is 6.54 Å². The van der Waals surface area contributed by atoms with E-state index in [1.54, 1.807) is 19.0 Å². The fourth-order valence-electron chi connectivity index (χ4n) is 2.02. The molecule has 1 aromatic heterocycles. The van der Waals surface area contributed by atoms with Crippen molar-refractivity contribution in [2.45, 2.75) is 11.4 Å². The van der Waals surface area contributed by atoms with Crippen LogP contribution in [0.1, 0.15) is 5.56 Å². The molecule has 0 spiro atoms. The fraction of sp³-hybridized carbons (Fsp3) is 0.308. The molecule has 0 aliphatic carbocycles. The maximum Gasteiger partial charge on any atom is 0.182 e. The second-order valence-electron chi connectivity index (χ2n) is 4.99. The molecule has 21 heavy (non-hydrogen) atoms. The molecule has 0 aliphatic heterocycles. The second-order valence-corrected chi connectivity index (χ2v) is 7.86. The molecule has 0 amide bonds. The first kappa shape index (κ1) is 15.8. The van der Waals surface area contributed by atoms with Crippen LogP contribution in [0.4, 0.5) is 11.6 Å². The Morgan fingerprint density at radius 2 is 2.05 bits per heavy atom. The van der Waals surface area contributed by atoms with E-state index in [1.807, 2.05) is 24.3 Å². The quantitative estimate of drug-likeness (QED) is 0.883. The van der Waals surface area contributed by atoms with Crippen molar-refractivity contribution >= 4 is 37.4 Å². The first-order valence-corrected chi connectivity index (χ1v) is 8.86. The lowest BCUT2D eigenvalue weighted by Gasteiger charge is -2.09. The maximum atomic E-state index is 11.9. The van der Waals surface area contributed by atoms with Gasteiger partial charge in [0.2, 0.25) is 0 Å². The molecule has 2 rings (SSSR count). The third kappa shape index (κ3) is 3.38. The minimum Gasteiger partial charge on any atom is -0.383 e. The molecule has 6 nitrogen and oxygen atoms in total. The highest BCUT2D eigenvalue weighted by atomic mass is 79.9. The average Bonchev–Trinajstić information content (AvgIpc) is 2.67. The van der Waals surface area contributed by atoms with Crippen molar-refractivity contribution < 1.29 is 8.42 Å². The number of halogens is 1. The lowest BCUT2D eigenvalue weighted by atomic mass is 10.2. The number of rotatable bonds is 4. The van der Waals surface area contributed by atoms with E-state index in [0.717, 1.165) is 16.3 Å². The highest BCUT2D eigenvalue weighted by Crippen LogP contribution is 2.29. The van der Waals surface area contributed by atoms with Crippen LogP contribution in [0.15, 0.2) is 33.6 Å². The maximum absolute atomic E-state index is 11.9. The first-order valence-electron chi connectivity index (χ1n) is 6.18. The van der Waals surface area contributed by atoms with Crippen LogP contribution in [0.25, 0.3) is 0 Å². The number of benzene rings is 1. The minimum atomic E-state index is -3.45. The van der Waals surface area contributed by atoms with Gasteiger partial charge in [-0.3, -0.25) is 0 Å². The van der Waals surface area contributed by atoms with Crippen molar-refractivity contribution in [2.24, 2.45) is 0 Å². The summed E-state index contributed by atoms with van der Waals surface area (Å²) in [5.41, 5.74) is 6.97. The zero-order chi connectivity index (χ0) is 15.8. The number of nitrogens with zero attached hydrogens (tertiary/aromatic N) is 3. The van der Waals surface area contributed by atoms with Crippen molar-refractivity contribution in [1.82, 2.24) is 9.78 Å². The van der Waals surface area contributed by atoms with Crippen molar-refractivity contribution in [3.8, 4) is 0 Å². The summed E-state index contributed by atoms with van der Waals surface area (Å²) in [5, 5.41) is 4.32. The number of aromatic nitrogens is 2. The zero-order valence-electron chi connectivity index (χ0n) is 12.0. The molecular weight excluding hydrogens is 356 g/mol. The normalized spacial score (nSPS) is 11.6. The van der Waals surface area contributed by atoms with E-state index >= 15 is 0 Å². The number of nitrogen functional groups attached to an aromatic ring is 1. The Hall–Kier alpha value is -1.54. The van der Waals surface area contributed by atoms with E-state index in [4.69, 9.17) is 5.73 Å². The number of nitrogens with two attached hydrogens (primary N) is 1. The van der Waals surface area contributed by atoms with Crippen molar-refractivity contribution in [3.05, 3.63) is 34.3 Å². The van der Waals surface area contributed by atoms with Crippen LogP contribution in [0.5, 0.6) is 0 Å². The summed E-state index contributed by atoms with van der Waals surface area (Å²) in [4.78, 5) is 1.71. The summed E-state index contributed by atoms with van der Waals surface area (Å²) in [6.07, 6.45) is 1.14. The van der Waals surface area contributed by atoms with Gasteiger partial charge in [-0.15, -0.1) is 0 Å². The van der Waals surface area contributed by atoms with Crippen molar-refractivity contribution in [2.75, 3.05) is 31.0 Å².